The zero-order valence-corrected chi connectivity index (χ0v) is 16.4. The van der Waals surface area contributed by atoms with E-state index in [0.717, 1.165) is 60.1 Å². The first-order valence-electron chi connectivity index (χ1n) is 9.63. The van der Waals surface area contributed by atoms with E-state index in [9.17, 15) is 9.00 Å². The lowest BCUT2D eigenvalue weighted by molar-refractivity contribution is 0.0135. The van der Waals surface area contributed by atoms with Gasteiger partial charge in [0.25, 0.3) is 0 Å². The molecule has 2 aromatic carbocycles. The molecule has 2 aliphatic heterocycles. The number of ether oxygens (including phenoxy) is 1. The van der Waals surface area contributed by atoms with Crippen LogP contribution in [0.4, 0.5) is 16.2 Å². The van der Waals surface area contributed by atoms with E-state index < -0.39 is 17.0 Å². The fourth-order valence-electron chi connectivity index (χ4n) is 4.07. The molecule has 4 rings (SSSR count). The number of para-hydroxylation sites is 2. The van der Waals surface area contributed by atoms with Gasteiger partial charge in [0, 0.05) is 13.1 Å². The van der Waals surface area contributed by atoms with E-state index in [-0.39, 0.29) is 6.10 Å². The van der Waals surface area contributed by atoms with Crippen LogP contribution in [0.2, 0.25) is 0 Å². The first-order chi connectivity index (χ1) is 13.6. The van der Waals surface area contributed by atoms with Crippen LogP contribution >= 0.6 is 0 Å². The third kappa shape index (κ3) is 3.91. The Morgan fingerprint density at radius 2 is 1.71 bits per heavy atom. The largest absolute Gasteiger partial charge is 0.506 e. The molecular weight excluding hydrogens is 376 g/mol. The molecule has 0 radical (unpaired) electrons. The van der Waals surface area contributed by atoms with Crippen molar-refractivity contribution < 1.29 is 18.8 Å². The molecule has 2 heterocycles. The van der Waals surface area contributed by atoms with E-state index in [1.165, 1.54) is 0 Å². The van der Waals surface area contributed by atoms with Crippen molar-refractivity contribution in [2.45, 2.75) is 35.2 Å². The summed E-state index contributed by atoms with van der Waals surface area (Å²) in [6, 6.07) is 15.8. The summed E-state index contributed by atoms with van der Waals surface area (Å²) < 4.78 is 17.9. The second kappa shape index (κ2) is 8.32. The van der Waals surface area contributed by atoms with E-state index in [1.807, 2.05) is 48.5 Å². The molecule has 0 saturated carbocycles. The van der Waals surface area contributed by atoms with Gasteiger partial charge in [0.2, 0.25) is 0 Å². The molecule has 2 aromatic rings. The predicted molar refractivity (Wildman–Crippen MR) is 108 cm³/mol. The first kappa shape index (κ1) is 19.0. The minimum atomic E-state index is -1.19. The molecule has 1 atom stereocenters. The molecule has 28 heavy (non-hydrogen) atoms. The Kier molecular flexibility index (Phi) is 5.64. The molecule has 0 amide bonds. The lowest BCUT2D eigenvalue weighted by Crippen LogP contribution is -2.41. The maximum absolute atomic E-state index is 12.9. The normalized spacial score (nSPS) is 19.7. The van der Waals surface area contributed by atoms with Crippen molar-refractivity contribution in [3.8, 4) is 0 Å². The minimum Gasteiger partial charge on any atom is -0.450 e. The van der Waals surface area contributed by atoms with Crippen molar-refractivity contribution in [3.05, 3.63) is 48.5 Å². The molecule has 0 unspecified atom stereocenters. The Labute approximate surface area is 167 Å². The van der Waals surface area contributed by atoms with Crippen LogP contribution in [0.1, 0.15) is 19.3 Å². The predicted octanol–water partition coefficient (Wildman–Crippen LogP) is 3.85. The van der Waals surface area contributed by atoms with Gasteiger partial charge in [0.15, 0.2) is 0 Å². The summed E-state index contributed by atoms with van der Waals surface area (Å²) in [5, 5.41) is 8.83. The Bertz CT molecular complexity index is 839. The summed E-state index contributed by atoms with van der Waals surface area (Å²) in [6.45, 7) is 3.32. The van der Waals surface area contributed by atoms with Crippen molar-refractivity contribution in [1.82, 2.24) is 4.90 Å². The molecule has 0 aromatic heterocycles. The highest BCUT2D eigenvalue weighted by Gasteiger charge is 2.28. The molecule has 0 bridgehead atoms. The number of piperidine rings is 1. The lowest BCUT2D eigenvalue weighted by Gasteiger charge is -2.34. The van der Waals surface area contributed by atoms with Crippen LogP contribution in [0.25, 0.3) is 0 Å². The first-order valence-corrected chi connectivity index (χ1v) is 10.8. The van der Waals surface area contributed by atoms with Crippen LogP contribution in [0.15, 0.2) is 58.3 Å². The average molecular weight is 401 g/mol. The smallest absolute Gasteiger partial charge is 0.450 e. The number of carbonyl (C=O) groups is 1. The summed E-state index contributed by atoms with van der Waals surface area (Å²) in [6.07, 6.45) is 1.24. The van der Waals surface area contributed by atoms with Gasteiger partial charge in [-0.3, -0.25) is 4.90 Å². The van der Waals surface area contributed by atoms with Gasteiger partial charge in [-0.15, -0.1) is 0 Å². The molecule has 1 fully saturated rings. The standard InChI is InChI=1S/C21H24N2O4S/c24-21(25)27-16-7-5-12-22(15-16)13-6-14-23-17-8-1-3-10-19(17)28(26)20-11-4-2-9-18(20)23/h1-4,8-11,16H,5-7,12-15H2,(H,24,25)/t16-/m1/s1. The zero-order valence-electron chi connectivity index (χ0n) is 15.6. The molecule has 6 nitrogen and oxygen atoms in total. The topological polar surface area (TPSA) is 70.1 Å². The molecule has 2 aliphatic rings. The maximum atomic E-state index is 12.9. The number of nitrogens with zero attached hydrogens (tertiary/aromatic N) is 2. The molecule has 1 N–H and O–H groups in total. The summed E-state index contributed by atoms with van der Waals surface area (Å²) >= 11 is 0. The molecule has 148 valence electrons. The number of benzene rings is 2. The second-order valence-corrected chi connectivity index (χ2v) is 8.58. The number of hydrogen-bond donors (Lipinski definition) is 1. The van der Waals surface area contributed by atoms with Crippen molar-refractivity contribution >= 4 is 28.3 Å². The van der Waals surface area contributed by atoms with Crippen LogP contribution in [0, 0.1) is 0 Å². The van der Waals surface area contributed by atoms with E-state index >= 15 is 0 Å². The Morgan fingerprint density at radius 3 is 2.36 bits per heavy atom. The molecule has 0 aliphatic carbocycles. The Morgan fingerprint density at radius 1 is 1.07 bits per heavy atom. The summed E-state index contributed by atoms with van der Waals surface area (Å²) in [5.41, 5.74) is 2.01. The quantitative estimate of drug-likeness (QED) is 0.769. The van der Waals surface area contributed by atoms with Gasteiger partial charge in [-0.1, -0.05) is 24.3 Å². The average Bonchev–Trinajstić information content (AvgIpc) is 2.70. The zero-order chi connectivity index (χ0) is 19.5. The van der Waals surface area contributed by atoms with E-state index in [2.05, 4.69) is 9.80 Å². The van der Waals surface area contributed by atoms with Crippen molar-refractivity contribution in [1.29, 1.82) is 0 Å². The Hall–Kier alpha value is -2.38. The van der Waals surface area contributed by atoms with Gasteiger partial charge >= 0.3 is 6.16 Å². The van der Waals surface area contributed by atoms with Crippen LogP contribution < -0.4 is 4.90 Å². The number of fused-ring (bicyclic) bond motifs is 2. The van der Waals surface area contributed by atoms with Crippen molar-refractivity contribution in [2.75, 3.05) is 31.1 Å². The highest BCUT2D eigenvalue weighted by molar-refractivity contribution is 7.85. The highest BCUT2D eigenvalue weighted by atomic mass is 32.2. The number of hydrogen-bond acceptors (Lipinski definition) is 5. The second-order valence-electron chi connectivity index (χ2n) is 7.16. The Balaban J connectivity index is 1.45. The van der Waals surface area contributed by atoms with Crippen LogP contribution in [0.3, 0.4) is 0 Å². The SMILES string of the molecule is O=C(O)O[C@@H]1CCCN(CCCN2c3ccccc3S(=O)c3ccccc32)C1. The van der Waals surface area contributed by atoms with E-state index in [1.54, 1.807) is 0 Å². The lowest BCUT2D eigenvalue weighted by atomic mass is 10.1. The van der Waals surface area contributed by atoms with Gasteiger partial charge in [-0.2, -0.15) is 0 Å². The van der Waals surface area contributed by atoms with Crippen LogP contribution in [0.5, 0.6) is 0 Å². The van der Waals surface area contributed by atoms with E-state index in [4.69, 9.17) is 9.84 Å². The molecular formula is C21H24N2O4S. The summed E-state index contributed by atoms with van der Waals surface area (Å²) in [7, 11) is -1.16. The fourth-order valence-corrected chi connectivity index (χ4v) is 5.45. The highest BCUT2D eigenvalue weighted by Crippen LogP contribution is 2.41. The number of anilines is 2. The van der Waals surface area contributed by atoms with Crippen molar-refractivity contribution in [3.63, 3.8) is 0 Å². The van der Waals surface area contributed by atoms with Gasteiger partial charge in [0.1, 0.15) is 6.10 Å². The van der Waals surface area contributed by atoms with Crippen LogP contribution in [-0.2, 0) is 15.5 Å². The third-order valence-corrected chi connectivity index (χ3v) is 6.79. The van der Waals surface area contributed by atoms with Gasteiger partial charge < -0.3 is 14.7 Å². The minimum absolute atomic E-state index is 0.231. The number of carboxylic acid groups (broad SMARTS) is 1. The maximum Gasteiger partial charge on any atom is 0.506 e. The number of likely N-dealkylation sites (tertiary alicyclic amines) is 1. The van der Waals surface area contributed by atoms with Gasteiger partial charge in [-0.25, -0.2) is 9.00 Å². The van der Waals surface area contributed by atoms with Gasteiger partial charge in [-0.05, 0) is 56.6 Å². The third-order valence-electron chi connectivity index (χ3n) is 5.30. The molecule has 0 spiro atoms. The van der Waals surface area contributed by atoms with E-state index in [0.29, 0.717) is 6.54 Å². The summed E-state index contributed by atoms with van der Waals surface area (Å²) in [5.74, 6) is 0. The monoisotopic (exact) mass is 400 g/mol. The van der Waals surface area contributed by atoms with Crippen LogP contribution in [-0.4, -0.2) is 52.7 Å². The number of rotatable bonds is 5. The van der Waals surface area contributed by atoms with Gasteiger partial charge in [0.05, 0.1) is 32.0 Å². The molecule has 1 saturated heterocycles. The summed E-state index contributed by atoms with van der Waals surface area (Å²) in [4.78, 5) is 17.0. The molecule has 7 heteroatoms. The fraction of sp³-hybridized carbons (Fsp3) is 0.381. The van der Waals surface area contributed by atoms with Crippen molar-refractivity contribution in [2.24, 2.45) is 0 Å².